The maximum atomic E-state index is 4.73. The van der Waals surface area contributed by atoms with Crippen LogP contribution in [0.3, 0.4) is 0 Å². The first-order chi connectivity index (χ1) is 9.74. The third-order valence-corrected chi connectivity index (χ3v) is 3.23. The van der Waals surface area contributed by atoms with Crippen LogP contribution in [0, 0.1) is 6.92 Å². The van der Waals surface area contributed by atoms with Gasteiger partial charge in [0.1, 0.15) is 11.6 Å². The number of aryl methyl sites for hydroxylation is 1. The topological polar surface area (TPSA) is 50.7 Å². The Kier molecular flexibility index (Phi) is 5.04. The fourth-order valence-corrected chi connectivity index (χ4v) is 2.16. The normalized spacial score (nSPS) is 10.6. The van der Waals surface area contributed by atoms with E-state index in [1.165, 1.54) is 5.56 Å². The Morgan fingerprint density at radius 2 is 1.85 bits per heavy atom. The molecule has 0 radical (unpaired) electrons. The zero-order valence-electron chi connectivity index (χ0n) is 12.5. The van der Waals surface area contributed by atoms with Crippen molar-refractivity contribution in [1.29, 1.82) is 0 Å². The summed E-state index contributed by atoms with van der Waals surface area (Å²) in [7, 11) is 0. The molecule has 1 N–H and O–H groups in total. The average Bonchev–Trinajstić information content (AvgIpc) is 2.45. The number of nitrogens with zero attached hydrogens (tertiary/aromatic N) is 3. The van der Waals surface area contributed by atoms with Gasteiger partial charge in [0.25, 0.3) is 0 Å². The van der Waals surface area contributed by atoms with E-state index in [2.05, 4.69) is 36.1 Å². The number of hydrogen-bond donors (Lipinski definition) is 1. The van der Waals surface area contributed by atoms with Gasteiger partial charge in [0, 0.05) is 37.3 Å². The molecular weight excluding hydrogens is 248 g/mol. The fraction of sp³-hybridized carbons (Fsp3) is 0.438. The molecule has 0 bridgehead atoms. The largest absolute Gasteiger partial charge is 0.370 e. The molecule has 0 amide bonds. The number of pyridine rings is 1. The van der Waals surface area contributed by atoms with Crippen LogP contribution in [0.2, 0.25) is 0 Å². The molecule has 0 aliphatic rings. The molecule has 0 saturated carbocycles. The Morgan fingerprint density at radius 1 is 1.10 bits per heavy atom. The van der Waals surface area contributed by atoms with Gasteiger partial charge in [-0.3, -0.25) is 4.98 Å². The van der Waals surface area contributed by atoms with Gasteiger partial charge in [0.15, 0.2) is 0 Å². The van der Waals surface area contributed by atoms with Gasteiger partial charge in [-0.25, -0.2) is 9.97 Å². The van der Waals surface area contributed by atoms with E-state index in [4.69, 9.17) is 4.98 Å². The summed E-state index contributed by atoms with van der Waals surface area (Å²) in [5, 5.41) is 3.34. The average molecular weight is 270 g/mol. The predicted molar refractivity (Wildman–Crippen MR) is 82.0 cm³/mol. The highest BCUT2D eigenvalue weighted by Crippen LogP contribution is 2.19. The van der Waals surface area contributed by atoms with E-state index in [1.807, 2.05) is 24.5 Å². The summed E-state index contributed by atoms with van der Waals surface area (Å²) in [4.78, 5) is 13.4. The van der Waals surface area contributed by atoms with Gasteiger partial charge in [-0.15, -0.1) is 0 Å². The summed E-state index contributed by atoms with van der Waals surface area (Å²) in [6, 6.07) is 4.07. The van der Waals surface area contributed by atoms with Crippen LogP contribution in [0.25, 0.3) is 0 Å². The van der Waals surface area contributed by atoms with Crippen LogP contribution >= 0.6 is 0 Å². The van der Waals surface area contributed by atoms with Crippen molar-refractivity contribution in [3.63, 3.8) is 0 Å². The number of aromatic nitrogens is 3. The third-order valence-electron chi connectivity index (χ3n) is 3.23. The van der Waals surface area contributed by atoms with E-state index in [0.717, 1.165) is 48.7 Å². The lowest BCUT2D eigenvalue weighted by Gasteiger charge is -2.13. The van der Waals surface area contributed by atoms with E-state index in [-0.39, 0.29) is 0 Å². The van der Waals surface area contributed by atoms with Crippen LogP contribution in [0.5, 0.6) is 0 Å². The van der Waals surface area contributed by atoms with Crippen LogP contribution < -0.4 is 5.32 Å². The first-order valence-corrected chi connectivity index (χ1v) is 7.23. The van der Waals surface area contributed by atoms with Crippen LogP contribution in [0.15, 0.2) is 24.5 Å². The van der Waals surface area contributed by atoms with Crippen molar-refractivity contribution < 1.29 is 0 Å². The first kappa shape index (κ1) is 14.4. The van der Waals surface area contributed by atoms with Gasteiger partial charge in [-0.2, -0.15) is 0 Å². The number of rotatable bonds is 6. The molecule has 2 aromatic rings. The summed E-state index contributed by atoms with van der Waals surface area (Å²) in [5.74, 6) is 1.90. The molecule has 0 aromatic carbocycles. The van der Waals surface area contributed by atoms with E-state index >= 15 is 0 Å². The second kappa shape index (κ2) is 6.98. The highest BCUT2D eigenvalue weighted by molar-refractivity contribution is 5.46. The van der Waals surface area contributed by atoms with E-state index in [0.29, 0.717) is 0 Å². The zero-order valence-corrected chi connectivity index (χ0v) is 12.5. The standard InChI is InChI=1S/C16H22N4/c1-4-6-15-19-14(11-13-7-9-17-10-8-13)12(3)16(20-15)18-5-2/h7-10H,4-6,11H2,1-3H3,(H,18,19,20). The summed E-state index contributed by atoms with van der Waals surface area (Å²) in [5.41, 5.74) is 3.47. The van der Waals surface area contributed by atoms with Crippen LogP contribution in [0.4, 0.5) is 5.82 Å². The Hall–Kier alpha value is -1.97. The Bertz CT molecular complexity index is 552. The van der Waals surface area contributed by atoms with Crippen LogP contribution in [-0.2, 0) is 12.8 Å². The van der Waals surface area contributed by atoms with Crippen molar-refractivity contribution >= 4 is 5.82 Å². The summed E-state index contributed by atoms with van der Waals surface area (Å²) in [6.07, 6.45) is 6.45. The van der Waals surface area contributed by atoms with Gasteiger partial charge in [0.2, 0.25) is 0 Å². The molecule has 0 spiro atoms. The van der Waals surface area contributed by atoms with Gasteiger partial charge >= 0.3 is 0 Å². The Balaban J connectivity index is 2.34. The smallest absolute Gasteiger partial charge is 0.132 e. The van der Waals surface area contributed by atoms with Crippen molar-refractivity contribution in [3.8, 4) is 0 Å². The van der Waals surface area contributed by atoms with Crippen molar-refractivity contribution in [2.45, 2.75) is 40.0 Å². The Labute approximate surface area is 120 Å². The maximum Gasteiger partial charge on any atom is 0.132 e. The van der Waals surface area contributed by atoms with Gasteiger partial charge in [0.05, 0.1) is 5.69 Å². The molecular formula is C16H22N4. The van der Waals surface area contributed by atoms with E-state index in [1.54, 1.807) is 0 Å². The predicted octanol–water partition coefficient (Wildman–Crippen LogP) is 3.16. The van der Waals surface area contributed by atoms with Gasteiger partial charge < -0.3 is 5.32 Å². The quantitative estimate of drug-likeness (QED) is 0.876. The van der Waals surface area contributed by atoms with Crippen molar-refractivity contribution in [3.05, 3.63) is 47.2 Å². The molecule has 0 atom stereocenters. The lowest BCUT2D eigenvalue weighted by Crippen LogP contribution is -2.10. The van der Waals surface area contributed by atoms with Crippen molar-refractivity contribution in [2.75, 3.05) is 11.9 Å². The fourth-order valence-electron chi connectivity index (χ4n) is 2.16. The van der Waals surface area contributed by atoms with Crippen LogP contribution in [0.1, 0.15) is 42.9 Å². The summed E-state index contributed by atoms with van der Waals surface area (Å²) in [6.45, 7) is 7.20. The molecule has 20 heavy (non-hydrogen) atoms. The minimum atomic E-state index is 0.825. The number of nitrogens with one attached hydrogen (secondary N) is 1. The highest BCUT2D eigenvalue weighted by atomic mass is 15.0. The maximum absolute atomic E-state index is 4.73. The third kappa shape index (κ3) is 3.53. The summed E-state index contributed by atoms with van der Waals surface area (Å²) >= 11 is 0. The molecule has 2 heterocycles. The monoisotopic (exact) mass is 270 g/mol. The minimum Gasteiger partial charge on any atom is -0.370 e. The number of anilines is 1. The molecule has 4 nitrogen and oxygen atoms in total. The first-order valence-electron chi connectivity index (χ1n) is 7.23. The zero-order chi connectivity index (χ0) is 14.4. The highest BCUT2D eigenvalue weighted by Gasteiger charge is 2.10. The lowest BCUT2D eigenvalue weighted by molar-refractivity contribution is 0.811. The van der Waals surface area contributed by atoms with Crippen molar-refractivity contribution in [1.82, 2.24) is 15.0 Å². The summed E-state index contributed by atoms with van der Waals surface area (Å²) < 4.78 is 0. The molecule has 4 heteroatoms. The second-order valence-electron chi connectivity index (χ2n) is 4.87. The van der Waals surface area contributed by atoms with Gasteiger partial charge in [-0.1, -0.05) is 6.92 Å². The Morgan fingerprint density at radius 3 is 2.50 bits per heavy atom. The molecule has 0 aliphatic carbocycles. The molecule has 106 valence electrons. The molecule has 0 unspecified atom stereocenters. The lowest BCUT2D eigenvalue weighted by atomic mass is 10.1. The molecule has 0 fully saturated rings. The van der Waals surface area contributed by atoms with Crippen molar-refractivity contribution in [2.24, 2.45) is 0 Å². The second-order valence-corrected chi connectivity index (χ2v) is 4.87. The van der Waals surface area contributed by atoms with E-state index < -0.39 is 0 Å². The SMILES string of the molecule is CCCc1nc(Cc2ccncc2)c(C)c(NCC)n1. The number of hydrogen-bond acceptors (Lipinski definition) is 4. The molecule has 0 aliphatic heterocycles. The van der Waals surface area contributed by atoms with Crippen LogP contribution in [-0.4, -0.2) is 21.5 Å². The van der Waals surface area contributed by atoms with E-state index in [9.17, 15) is 0 Å². The molecule has 2 rings (SSSR count). The minimum absolute atomic E-state index is 0.825. The molecule has 2 aromatic heterocycles. The van der Waals surface area contributed by atoms with Gasteiger partial charge in [-0.05, 0) is 38.0 Å². The molecule has 0 saturated heterocycles.